The number of carboxylic acid groups (broad SMARTS) is 1. The molecule has 5 heteroatoms. The zero-order valence-electron chi connectivity index (χ0n) is 6.86. The molecule has 0 heterocycles. The molecular weight excluding hydrogens is 172 g/mol. The lowest BCUT2D eigenvalue weighted by atomic mass is 10.2. The van der Waals surface area contributed by atoms with E-state index in [2.05, 4.69) is 0 Å². The number of benzene rings is 1. The van der Waals surface area contributed by atoms with Gasteiger partial charge >= 0.3 is 5.97 Å². The van der Waals surface area contributed by atoms with E-state index in [1.54, 1.807) is 6.07 Å². The molecule has 13 heavy (non-hydrogen) atoms. The van der Waals surface area contributed by atoms with Gasteiger partial charge in [0.2, 0.25) is 0 Å². The fourth-order valence-electron chi connectivity index (χ4n) is 0.838. The van der Waals surface area contributed by atoms with Crippen LogP contribution in [0.25, 0.3) is 0 Å². The van der Waals surface area contributed by atoms with Gasteiger partial charge < -0.3 is 21.3 Å². The van der Waals surface area contributed by atoms with Crippen LogP contribution in [0.4, 0.5) is 11.4 Å². The van der Waals surface area contributed by atoms with Gasteiger partial charge in [-0.2, -0.15) is 0 Å². The third kappa shape index (κ3) is 2.55. The standard InChI is InChI=1S/C8H10N2O3/c9-5-1-2-7(6(10)3-5)13-4-8(11)12/h1-3H,4,9-10H2,(H,11,12). The summed E-state index contributed by atoms with van der Waals surface area (Å²) in [5.74, 6) is -0.715. The van der Waals surface area contributed by atoms with Crippen molar-refractivity contribution in [1.29, 1.82) is 0 Å². The van der Waals surface area contributed by atoms with Crippen LogP contribution in [0.3, 0.4) is 0 Å². The molecule has 0 aliphatic rings. The summed E-state index contributed by atoms with van der Waals surface area (Å²) in [5, 5.41) is 8.33. The first-order valence-electron chi connectivity index (χ1n) is 3.59. The van der Waals surface area contributed by atoms with E-state index >= 15 is 0 Å². The number of ether oxygens (including phenoxy) is 1. The van der Waals surface area contributed by atoms with Crippen LogP contribution in [-0.2, 0) is 4.79 Å². The van der Waals surface area contributed by atoms with E-state index in [0.29, 0.717) is 17.1 Å². The third-order valence-electron chi connectivity index (χ3n) is 1.38. The van der Waals surface area contributed by atoms with Crippen LogP contribution >= 0.6 is 0 Å². The lowest BCUT2D eigenvalue weighted by Gasteiger charge is -2.06. The second kappa shape index (κ2) is 3.66. The van der Waals surface area contributed by atoms with Crippen molar-refractivity contribution in [2.75, 3.05) is 18.1 Å². The lowest BCUT2D eigenvalue weighted by molar-refractivity contribution is -0.139. The zero-order chi connectivity index (χ0) is 9.84. The Morgan fingerprint density at radius 2 is 2.15 bits per heavy atom. The molecule has 1 rings (SSSR count). The molecule has 0 saturated carbocycles. The van der Waals surface area contributed by atoms with Crippen molar-refractivity contribution in [2.24, 2.45) is 0 Å². The van der Waals surface area contributed by atoms with Crippen LogP contribution in [0.2, 0.25) is 0 Å². The number of nitrogens with two attached hydrogens (primary N) is 2. The number of hydrogen-bond donors (Lipinski definition) is 3. The van der Waals surface area contributed by atoms with Crippen molar-refractivity contribution in [3.63, 3.8) is 0 Å². The Balaban J connectivity index is 2.72. The summed E-state index contributed by atoms with van der Waals surface area (Å²) in [6.07, 6.45) is 0. The second-order valence-electron chi connectivity index (χ2n) is 2.48. The molecule has 0 bridgehead atoms. The highest BCUT2D eigenvalue weighted by Gasteiger charge is 2.02. The highest BCUT2D eigenvalue weighted by Crippen LogP contribution is 2.23. The Morgan fingerprint density at radius 3 is 2.69 bits per heavy atom. The molecule has 0 amide bonds. The molecule has 0 fully saturated rings. The van der Waals surface area contributed by atoms with Gasteiger partial charge in [-0.05, 0) is 18.2 Å². The van der Waals surface area contributed by atoms with E-state index in [9.17, 15) is 4.79 Å². The number of rotatable bonds is 3. The van der Waals surface area contributed by atoms with Gasteiger partial charge in [-0.25, -0.2) is 4.79 Å². The molecule has 0 saturated heterocycles. The smallest absolute Gasteiger partial charge is 0.341 e. The van der Waals surface area contributed by atoms with Crippen molar-refractivity contribution in [3.8, 4) is 5.75 Å². The maximum atomic E-state index is 10.2. The number of aliphatic carboxylic acids is 1. The van der Waals surface area contributed by atoms with Crippen molar-refractivity contribution in [1.82, 2.24) is 0 Å². The summed E-state index contributed by atoms with van der Waals surface area (Å²) >= 11 is 0. The van der Waals surface area contributed by atoms with Crippen LogP contribution in [-0.4, -0.2) is 17.7 Å². The largest absolute Gasteiger partial charge is 0.480 e. The topological polar surface area (TPSA) is 98.6 Å². The molecule has 0 spiro atoms. The fraction of sp³-hybridized carbons (Fsp3) is 0.125. The number of hydrogen-bond acceptors (Lipinski definition) is 4. The van der Waals surface area contributed by atoms with Crippen LogP contribution < -0.4 is 16.2 Å². The molecule has 0 unspecified atom stereocenters. The molecule has 0 radical (unpaired) electrons. The van der Waals surface area contributed by atoms with Gasteiger partial charge in [-0.15, -0.1) is 0 Å². The van der Waals surface area contributed by atoms with Crippen molar-refractivity contribution < 1.29 is 14.6 Å². The molecule has 5 nitrogen and oxygen atoms in total. The van der Waals surface area contributed by atoms with E-state index in [1.807, 2.05) is 0 Å². The predicted molar refractivity (Wildman–Crippen MR) is 48.4 cm³/mol. The maximum absolute atomic E-state index is 10.2. The van der Waals surface area contributed by atoms with Gasteiger partial charge in [0.05, 0.1) is 5.69 Å². The second-order valence-corrected chi connectivity index (χ2v) is 2.48. The summed E-state index contributed by atoms with van der Waals surface area (Å²) in [6.45, 7) is -0.409. The zero-order valence-corrected chi connectivity index (χ0v) is 6.86. The molecule has 0 aliphatic heterocycles. The minimum absolute atomic E-state index is 0.330. The summed E-state index contributed by atoms with van der Waals surface area (Å²) < 4.78 is 4.87. The van der Waals surface area contributed by atoms with Gasteiger partial charge in [0, 0.05) is 5.69 Å². The van der Waals surface area contributed by atoms with Gasteiger partial charge in [0.15, 0.2) is 6.61 Å². The third-order valence-corrected chi connectivity index (χ3v) is 1.38. The number of nitrogen functional groups attached to an aromatic ring is 2. The van der Waals surface area contributed by atoms with E-state index in [4.69, 9.17) is 21.3 Å². The average molecular weight is 182 g/mol. The quantitative estimate of drug-likeness (QED) is 0.584. The Morgan fingerprint density at radius 1 is 1.46 bits per heavy atom. The maximum Gasteiger partial charge on any atom is 0.341 e. The van der Waals surface area contributed by atoms with Crippen molar-refractivity contribution in [3.05, 3.63) is 18.2 Å². The number of carbonyl (C=O) groups is 1. The molecule has 70 valence electrons. The van der Waals surface area contributed by atoms with Gasteiger partial charge in [-0.1, -0.05) is 0 Å². The number of anilines is 2. The minimum atomic E-state index is -1.05. The van der Waals surface area contributed by atoms with Crippen molar-refractivity contribution in [2.45, 2.75) is 0 Å². The lowest BCUT2D eigenvalue weighted by Crippen LogP contribution is -2.10. The summed E-state index contributed by atoms with van der Waals surface area (Å²) in [5.41, 5.74) is 11.8. The van der Waals surface area contributed by atoms with E-state index < -0.39 is 12.6 Å². The van der Waals surface area contributed by atoms with Crippen LogP contribution in [0.5, 0.6) is 5.75 Å². The van der Waals surface area contributed by atoms with Gasteiger partial charge in [-0.3, -0.25) is 0 Å². The number of carboxylic acids is 1. The normalized spacial score (nSPS) is 9.54. The van der Waals surface area contributed by atoms with Gasteiger partial charge in [0.1, 0.15) is 5.75 Å². The molecule has 1 aromatic rings. The summed E-state index contributed by atoms with van der Waals surface area (Å²) in [6, 6.07) is 4.64. The molecule has 0 atom stereocenters. The van der Waals surface area contributed by atoms with Gasteiger partial charge in [0.25, 0.3) is 0 Å². The highest BCUT2D eigenvalue weighted by atomic mass is 16.5. The minimum Gasteiger partial charge on any atom is -0.480 e. The highest BCUT2D eigenvalue weighted by molar-refractivity contribution is 5.69. The summed E-state index contributed by atoms with van der Waals surface area (Å²) in [4.78, 5) is 10.2. The summed E-state index contributed by atoms with van der Waals surface area (Å²) in [7, 11) is 0. The Bertz CT molecular complexity index is 325. The van der Waals surface area contributed by atoms with Crippen LogP contribution in [0.15, 0.2) is 18.2 Å². The molecule has 5 N–H and O–H groups in total. The molecule has 0 aromatic heterocycles. The van der Waals surface area contributed by atoms with E-state index in [0.717, 1.165) is 0 Å². The molecule has 1 aromatic carbocycles. The first-order chi connectivity index (χ1) is 6.09. The first-order valence-corrected chi connectivity index (χ1v) is 3.59. The average Bonchev–Trinajstić information content (AvgIpc) is 2.02. The predicted octanol–water partition coefficient (Wildman–Crippen LogP) is 0.314. The molecular formula is C8H10N2O3. The van der Waals surface area contributed by atoms with Crippen LogP contribution in [0.1, 0.15) is 0 Å². The SMILES string of the molecule is Nc1ccc(OCC(=O)O)c(N)c1. The monoisotopic (exact) mass is 182 g/mol. The Kier molecular flexibility index (Phi) is 2.59. The molecule has 0 aliphatic carbocycles. The Labute approximate surface area is 74.9 Å². The first kappa shape index (κ1) is 9.18. The van der Waals surface area contributed by atoms with Crippen molar-refractivity contribution >= 4 is 17.3 Å². The fourth-order valence-corrected chi connectivity index (χ4v) is 0.838. The van der Waals surface area contributed by atoms with E-state index in [-0.39, 0.29) is 0 Å². The van der Waals surface area contributed by atoms with E-state index in [1.165, 1.54) is 12.1 Å². The van der Waals surface area contributed by atoms with Crippen LogP contribution in [0, 0.1) is 0 Å². The Hall–Kier alpha value is -1.91.